The maximum absolute atomic E-state index is 12.8. The zero-order valence-corrected chi connectivity index (χ0v) is 12.7. The molecule has 1 aliphatic heterocycles. The predicted octanol–water partition coefficient (Wildman–Crippen LogP) is 2.42. The van der Waals surface area contributed by atoms with Crippen molar-refractivity contribution >= 4 is 11.8 Å². The molecule has 1 aromatic rings. The first-order chi connectivity index (χ1) is 10.1. The summed E-state index contributed by atoms with van der Waals surface area (Å²) in [5.41, 5.74) is 8.84. The van der Waals surface area contributed by atoms with E-state index in [0.29, 0.717) is 17.7 Å². The maximum atomic E-state index is 12.8. The van der Waals surface area contributed by atoms with Crippen molar-refractivity contribution in [2.75, 3.05) is 6.54 Å². The largest absolute Gasteiger partial charge is 0.330 e. The van der Waals surface area contributed by atoms with Crippen molar-refractivity contribution in [2.24, 2.45) is 11.7 Å². The maximum Gasteiger partial charge on any atom is 0.262 e. The fraction of sp³-hybridized carbons (Fsp3) is 0.529. The SMILES string of the molecule is Cc1ccc(C)c2c1C(=O)N(C1CCCCC1CN)C2=O. The van der Waals surface area contributed by atoms with Gasteiger partial charge >= 0.3 is 0 Å². The highest BCUT2D eigenvalue weighted by atomic mass is 16.2. The summed E-state index contributed by atoms with van der Waals surface area (Å²) in [6.45, 7) is 4.33. The van der Waals surface area contributed by atoms with Gasteiger partial charge < -0.3 is 5.73 Å². The molecule has 2 atom stereocenters. The van der Waals surface area contributed by atoms with Crippen molar-refractivity contribution in [1.29, 1.82) is 0 Å². The van der Waals surface area contributed by atoms with Gasteiger partial charge in [-0.1, -0.05) is 25.0 Å². The molecular formula is C17H22N2O2. The highest BCUT2D eigenvalue weighted by Crippen LogP contribution is 2.36. The first kappa shape index (κ1) is 14.3. The van der Waals surface area contributed by atoms with Gasteiger partial charge in [0.25, 0.3) is 11.8 Å². The average molecular weight is 286 g/mol. The number of aryl methyl sites for hydroxylation is 2. The van der Waals surface area contributed by atoms with Gasteiger partial charge in [0.15, 0.2) is 0 Å². The van der Waals surface area contributed by atoms with Gasteiger partial charge in [0.05, 0.1) is 11.1 Å². The number of benzene rings is 1. The molecule has 0 spiro atoms. The molecule has 1 fully saturated rings. The van der Waals surface area contributed by atoms with Gasteiger partial charge in [-0.3, -0.25) is 14.5 Å². The molecular weight excluding hydrogens is 264 g/mol. The lowest BCUT2D eigenvalue weighted by Gasteiger charge is -2.36. The third kappa shape index (κ3) is 2.09. The van der Waals surface area contributed by atoms with Crippen LogP contribution in [-0.4, -0.2) is 29.3 Å². The topological polar surface area (TPSA) is 63.4 Å². The van der Waals surface area contributed by atoms with Gasteiger partial charge in [-0.2, -0.15) is 0 Å². The van der Waals surface area contributed by atoms with Crippen LogP contribution in [0.25, 0.3) is 0 Å². The minimum absolute atomic E-state index is 0.0325. The van der Waals surface area contributed by atoms with Gasteiger partial charge in [-0.15, -0.1) is 0 Å². The van der Waals surface area contributed by atoms with Gasteiger partial charge in [-0.05, 0) is 50.3 Å². The third-order valence-corrected chi connectivity index (χ3v) is 4.99. The number of nitrogens with two attached hydrogens (primary N) is 1. The van der Waals surface area contributed by atoms with Crippen LogP contribution in [0, 0.1) is 19.8 Å². The van der Waals surface area contributed by atoms with Crippen molar-refractivity contribution in [3.63, 3.8) is 0 Å². The Bertz CT molecular complexity index is 568. The number of carbonyl (C=O) groups is 2. The molecule has 1 aliphatic carbocycles. The molecule has 1 heterocycles. The number of fused-ring (bicyclic) bond motifs is 1. The Labute approximate surface area is 125 Å². The molecule has 1 saturated carbocycles. The quantitative estimate of drug-likeness (QED) is 0.849. The van der Waals surface area contributed by atoms with Gasteiger partial charge in [-0.25, -0.2) is 0 Å². The number of rotatable bonds is 2. The molecule has 0 bridgehead atoms. The van der Waals surface area contributed by atoms with Crippen LogP contribution in [-0.2, 0) is 0 Å². The van der Waals surface area contributed by atoms with E-state index in [1.165, 1.54) is 4.90 Å². The van der Waals surface area contributed by atoms with Crippen molar-refractivity contribution in [2.45, 2.75) is 45.6 Å². The van der Waals surface area contributed by atoms with E-state index in [4.69, 9.17) is 5.73 Å². The fourth-order valence-corrected chi connectivity index (χ4v) is 3.80. The van der Waals surface area contributed by atoms with E-state index in [0.717, 1.165) is 36.8 Å². The Morgan fingerprint density at radius 2 is 1.57 bits per heavy atom. The predicted molar refractivity (Wildman–Crippen MR) is 81.2 cm³/mol. The lowest BCUT2D eigenvalue weighted by atomic mass is 9.83. The molecule has 21 heavy (non-hydrogen) atoms. The van der Waals surface area contributed by atoms with Gasteiger partial charge in [0, 0.05) is 6.04 Å². The van der Waals surface area contributed by atoms with E-state index in [2.05, 4.69) is 0 Å². The van der Waals surface area contributed by atoms with Crippen molar-refractivity contribution in [3.8, 4) is 0 Å². The van der Waals surface area contributed by atoms with E-state index in [1.54, 1.807) is 0 Å². The van der Waals surface area contributed by atoms with E-state index >= 15 is 0 Å². The summed E-state index contributed by atoms with van der Waals surface area (Å²) < 4.78 is 0. The number of amides is 2. The minimum atomic E-state index is -0.124. The normalized spacial score (nSPS) is 25.4. The number of imide groups is 1. The highest BCUT2D eigenvalue weighted by Gasteiger charge is 2.44. The van der Waals surface area contributed by atoms with Crippen LogP contribution in [0.4, 0.5) is 0 Å². The van der Waals surface area contributed by atoms with E-state index < -0.39 is 0 Å². The minimum Gasteiger partial charge on any atom is -0.330 e. The number of hydrogen-bond acceptors (Lipinski definition) is 3. The fourth-order valence-electron chi connectivity index (χ4n) is 3.80. The summed E-state index contributed by atoms with van der Waals surface area (Å²) in [5, 5.41) is 0. The lowest BCUT2D eigenvalue weighted by molar-refractivity contribution is 0.0478. The van der Waals surface area contributed by atoms with Crippen LogP contribution in [0.3, 0.4) is 0 Å². The van der Waals surface area contributed by atoms with E-state index in [9.17, 15) is 9.59 Å². The molecule has 112 valence electrons. The van der Waals surface area contributed by atoms with E-state index in [-0.39, 0.29) is 23.8 Å². The summed E-state index contributed by atoms with van der Waals surface area (Å²) in [7, 11) is 0. The molecule has 4 nitrogen and oxygen atoms in total. The monoisotopic (exact) mass is 286 g/mol. The summed E-state index contributed by atoms with van der Waals surface area (Å²) in [6.07, 6.45) is 4.09. The zero-order valence-electron chi connectivity index (χ0n) is 12.7. The van der Waals surface area contributed by atoms with Crippen LogP contribution < -0.4 is 5.73 Å². The summed E-state index contributed by atoms with van der Waals surface area (Å²) in [6, 6.07) is 3.81. The Kier molecular flexibility index (Phi) is 3.57. The molecule has 0 saturated heterocycles. The molecule has 2 amide bonds. The molecule has 0 aromatic heterocycles. The molecule has 2 aliphatic rings. The summed E-state index contributed by atoms with van der Waals surface area (Å²) in [4.78, 5) is 27.1. The van der Waals surface area contributed by atoms with Crippen LogP contribution in [0.15, 0.2) is 12.1 Å². The number of nitrogens with zero attached hydrogens (tertiary/aromatic N) is 1. The molecule has 3 rings (SSSR count). The second-order valence-electron chi connectivity index (χ2n) is 6.28. The Balaban J connectivity index is 2.03. The smallest absolute Gasteiger partial charge is 0.262 e. The summed E-state index contributed by atoms with van der Waals surface area (Å²) in [5.74, 6) is -0.00956. The number of hydrogen-bond donors (Lipinski definition) is 1. The average Bonchev–Trinajstić information content (AvgIpc) is 2.75. The van der Waals surface area contributed by atoms with Gasteiger partial charge in [0.2, 0.25) is 0 Å². The number of carbonyl (C=O) groups excluding carboxylic acids is 2. The first-order valence-electron chi connectivity index (χ1n) is 7.74. The molecule has 4 heteroatoms. The third-order valence-electron chi connectivity index (χ3n) is 4.99. The van der Waals surface area contributed by atoms with Crippen LogP contribution in [0.5, 0.6) is 0 Å². The second kappa shape index (κ2) is 5.26. The van der Waals surface area contributed by atoms with E-state index in [1.807, 2.05) is 26.0 Å². The Morgan fingerprint density at radius 3 is 2.10 bits per heavy atom. The lowest BCUT2D eigenvalue weighted by Crippen LogP contribution is -2.48. The first-order valence-corrected chi connectivity index (χ1v) is 7.74. The van der Waals surface area contributed by atoms with Crippen LogP contribution in [0.2, 0.25) is 0 Å². The van der Waals surface area contributed by atoms with Crippen LogP contribution >= 0.6 is 0 Å². The zero-order chi connectivity index (χ0) is 15.1. The Morgan fingerprint density at radius 1 is 1.05 bits per heavy atom. The van der Waals surface area contributed by atoms with Crippen LogP contribution in [0.1, 0.15) is 57.5 Å². The molecule has 2 N–H and O–H groups in total. The van der Waals surface area contributed by atoms with Crippen molar-refractivity contribution in [1.82, 2.24) is 4.90 Å². The molecule has 2 unspecified atom stereocenters. The Hall–Kier alpha value is -1.68. The van der Waals surface area contributed by atoms with Crippen molar-refractivity contribution < 1.29 is 9.59 Å². The standard InChI is InChI=1S/C17H22N2O2/c1-10-7-8-11(2)15-14(10)16(20)19(17(15)21)13-6-4-3-5-12(13)9-18/h7-8,12-13H,3-6,9,18H2,1-2H3. The molecule has 0 radical (unpaired) electrons. The van der Waals surface area contributed by atoms with Gasteiger partial charge in [0.1, 0.15) is 0 Å². The second-order valence-corrected chi connectivity index (χ2v) is 6.28. The summed E-state index contributed by atoms with van der Waals surface area (Å²) >= 11 is 0. The highest BCUT2D eigenvalue weighted by molar-refractivity contribution is 6.22. The molecule has 1 aromatic carbocycles. The van der Waals surface area contributed by atoms with Crippen molar-refractivity contribution in [3.05, 3.63) is 34.4 Å².